The lowest BCUT2D eigenvalue weighted by molar-refractivity contribution is -0.119. The van der Waals surface area contributed by atoms with Gasteiger partial charge in [0.15, 0.2) is 12.3 Å². The highest BCUT2D eigenvalue weighted by molar-refractivity contribution is 7.13. The molecule has 6 nitrogen and oxygen atoms in total. The van der Waals surface area contributed by atoms with Crippen molar-refractivity contribution in [2.24, 2.45) is 0 Å². The van der Waals surface area contributed by atoms with Gasteiger partial charge in [-0.2, -0.15) is 8.78 Å². The molecule has 2 aromatic carbocycles. The molecule has 144 valence electrons. The Labute approximate surface area is 162 Å². The minimum Gasteiger partial charge on any atom is -0.451 e. The summed E-state index contributed by atoms with van der Waals surface area (Å²) in [6.45, 7) is -3.43. The Kier molecular flexibility index (Phi) is 6.28. The summed E-state index contributed by atoms with van der Waals surface area (Å²) in [5.74, 6) is -1.32. The normalized spacial score (nSPS) is 10.5. The summed E-state index contributed by atoms with van der Waals surface area (Å²) in [5, 5.41) is 4.71. The molecule has 28 heavy (non-hydrogen) atoms. The zero-order valence-electron chi connectivity index (χ0n) is 14.3. The Balaban J connectivity index is 1.50. The average molecular weight is 404 g/mol. The van der Waals surface area contributed by atoms with Crippen molar-refractivity contribution in [3.8, 4) is 16.3 Å². The van der Waals surface area contributed by atoms with Gasteiger partial charge >= 0.3 is 12.6 Å². The summed E-state index contributed by atoms with van der Waals surface area (Å²) in [6, 6.07) is 14.7. The molecule has 0 aliphatic rings. The largest absolute Gasteiger partial charge is 0.451 e. The fraction of sp³-hybridized carbons (Fsp3) is 0.105. The number of anilines is 1. The number of nitrogens with zero attached hydrogens (tertiary/aromatic N) is 1. The van der Waals surface area contributed by atoms with Crippen molar-refractivity contribution < 1.29 is 27.8 Å². The zero-order chi connectivity index (χ0) is 19.9. The minimum atomic E-state index is -2.92. The van der Waals surface area contributed by atoms with E-state index in [1.807, 2.05) is 30.3 Å². The lowest BCUT2D eigenvalue weighted by atomic mass is 10.2. The first-order valence-electron chi connectivity index (χ1n) is 8.04. The van der Waals surface area contributed by atoms with Gasteiger partial charge in [0, 0.05) is 16.6 Å². The number of amides is 1. The lowest BCUT2D eigenvalue weighted by Crippen LogP contribution is -2.21. The van der Waals surface area contributed by atoms with E-state index >= 15 is 0 Å². The number of carbonyl (C=O) groups excluding carboxylic acids is 2. The predicted octanol–water partition coefficient (Wildman–Crippen LogP) is 4.21. The quantitative estimate of drug-likeness (QED) is 0.597. The van der Waals surface area contributed by atoms with E-state index in [1.54, 1.807) is 5.38 Å². The van der Waals surface area contributed by atoms with Crippen molar-refractivity contribution in [1.82, 2.24) is 4.98 Å². The van der Waals surface area contributed by atoms with E-state index in [-0.39, 0.29) is 11.4 Å². The van der Waals surface area contributed by atoms with Crippen LogP contribution in [0, 0.1) is 0 Å². The zero-order valence-corrected chi connectivity index (χ0v) is 15.1. The molecular weight excluding hydrogens is 390 g/mol. The van der Waals surface area contributed by atoms with Crippen molar-refractivity contribution >= 4 is 28.9 Å². The van der Waals surface area contributed by atoms with Gasteiger partial charge < -0.3 is 14.8 Å². The topological polar surface area (TPSA) is 77.5 Å². The highest BCUT2D eigenvalue weighted by atomic mass is 32.1. The molecule has 0 fully saturated rings. The van der Waals surface area contributed by atoms with Gasteiger partial charge in [-0.1, -0.05) is 30.3 Å². The summed E-state index contributed by atoms with van der Waals surface area (Å²) >= 11 is 1.30. The van der Waals surface area contributed by atoms with Gasteiger partial charge in [0.2, 0.25) is 0 Å². The third kappa shape index (κ3) is 5.34. The SMILES string of the molecule is O=C(COC(=O)c1csc(-c2ccccc2)n1)Nc1ccc(OC(F)F)cc1. The maximum absolute atomic E-state index is 12.1. The predicted molar refractivity (Wildman–Crippen MR) is 99.5 cm³/mol. The molecule has 3 aromatic rings. The summed E-state index contributed by atoms with van der Waals surface area (Å²) in [6.07, 6.45) is 0. The molecule has 0 aliphatic heterocycles. The first-order chi connectivity index (χ1) is 13.5. The Hall–Kier alpha value is -3.33. The van der Waals surface area contributed by atoms with Crippen LogP contribution in [0.1, 0.15) is 10.5 Å². The molecule has 0 spiro atoms. The molecule has 0 saturated carbocycles. The molecule has 0 saturated heterocycles. The van der Waals surface area contributed by atoms with Crippen molar-refractivity contribution in [2.75, 3.05) is 11.9 Å². The Morgan fingerprint density at radius 2 is 1.79 bits per heavy atom. The lowest BCUT2D eigenvalue weighted by Gasteiger charge is -2.07. The number of ether oxygens (including phenoxy) is 2. The fourth-order valence-electron chi connectivity index (χ4n) is 2.20. The summed E-state index contributed by atoms with van der Waals surface area (Å²) < 4.78 is 33.4. The van der Waals surface area contributed by atoms with Gasteiger partial charge in [-0.25, -0.2) is 9.78 Å². The van der Waals surface area contributed by atoms with Crippen molar-refractivity contribution in [3.63, 3.8) is 0 Å². The van der Waals surface area contributed by atoms with E-state index in [0.717, 1.165) is 5.56 Å². The number of nitrogens with one attached hydrogen (secondary N) is 1. The molecule has 0 atom stereocenters. The van der Waals surface area contributed by atoms with Crippen molar-refractivity contribution in [2.45, 2.75) is 6.61 Å². The fourth-order valence-corrected chi connectivity index (χ4v) is 3.00. The summed E-state index contributed by atoms with van der Waals surface area (Å²) in [4.78, 5) is 28.1. The number of hydrogen-bond acceptors (Lipinski definition) is 6. The molecule has 0 unspecified atom stereocenters. The second kappa shape index (κ2) is 9.05. The Morgan fingerprint density at radius 1 is 1.07 bits per heavy atom. The molecule has 1 aromatic heterocycles. The second-order valence-electron chi connectivity index (χ2n) is 5.43. The van der Waals surface area contributed by atoms with Crippen LogP contribution in [0.2, 0.25) is 0 Å². The van der Waals surface area contributed by atoms with Crippen LogP contribution in [0.3, 0.4) is 0 Å². The van der Waals surface area contributed by atoms with Gasteiger partial charge in [-0.3, -0.25) is 4.79 Å². The number of thiazole rings is 1. The highest BCUT2D eigenvalue weighted by Crippen LogP contribution is 2.23. The van der Waals surface area contributed by atoms with Gasteiger partial charge in [0.1, 0.15) is 10.8 Å². The van der Waals surface area contributed by atoms with Crippen LogP contribution >= 0.6 is 11.3 Å². The number of aromatic nitrogens is 1. The molecule has 1 heterocycles. The van der Waals surface area contributed by atoms with Crippen LogP contribution in [0.25, 0.3) is 10.6 Å². The standard InChI is InChI=1S/C19H14F2N2O4S/c20-19(21)27-14-8-6-13(7-9-14)22-16(24)10-26-18(25)15-11-28-17(23-15)12-4-2-1-3-5-12/h1-9,11,19H,10H2,(H,22,24). The van der Waals surface area contributed by atoms with Crippen LogP contribution in [0.4, 0.5) is 14.5 Å². The average Bonchev–Trinajstić information content (AvgIpc) is 3.18. The van der Waals surface area contributed by atoms with Gasteiger partial charge in [0.05, 0.1) is 0 Å². The van der Waals surface area contributed by atoms with Crippen LogP contribution in [-0.2, 0) is 9.53 Å². The number of benzene rings is 2. The van der Waals surface area contributed by atoms with E-state index in [9.17, 15) is 18.4 Å². The van der Waals surface area contributed by atoms with Gasteiger partial charge in [-0.15, -0.1) is 11.3 Å². The monoisotopic (exact) mass is 404 g/mol. The Bertz CT molecular complexity index is 946. The van der Waals surface area contributed by atoms with Crippen LogP contribution in [-0.4, -0.2) is 30.1 Å². The molecule has 1 N–H and O–H groups in total. The van der Waals surface area contributed by atoms with Crippen LogP contribution in [0.15, 0.2) is 60.0 Å². The first kappa shape index (κ1) is 19.4. The smallest absolute Gasteiger partial charge is 0.387 e. The molecule has 1 amide bonds. The third-order valence-electron chi connectivity index (χ3n) is 3.43. The molecular formula is C19H14F2N2O4S. The van der Waals surface area contributed by atoms with E-state index in [1.165, 1.54) is 35.6 Å². The number of halogens is 2. The van der Waals surface area contributed by atoms with E-state index in [4.69, 9.17) is 4.74 Å². The van der Waals surface area contributed by atoms with E-state index in [0.29, 0.717) is 10.7 Å². The molecule has 9 heteroatoms. The highest BCUT2D eigenvalue weighted by Gasteiger charge is 2.15. The second-order valence-corrected chi connectivity index (χ2v) is 6.29. The van der Waals surface area contributed by atoms with Crippen LogP contribution in [0.5, 0.6) is 5.75 Å². The van der Waals surface area contributed by atoms with Crippen molar-refractivity contribution in [1.29, 1.82) is 0 Å². The van der Waals surface area contributed by atoms with Crippen LogP contribution < -0.4 is 10.1 Å². The number of rotatable bonds is 7. The molecule has 0 bridgehead atoms. The summed E-state index contributed by atoms with van der Waals surface area (Å²) in [7, 11) is 0. The molecule has 0 aliphatic carbocycles. The maximum atomic E-state index is 12.1. The first-order valence-corrected chi connectivity index (χ1v) is 8.92. The van der Waals surface area contributed by atoms with E-state index < -0.39 is 25.1 Å². The number of alkyl halides is 2. The van der Waals surface area contributed by atoms with Crippen molar-refractivity contribution in [3.05, 3.63) is 65.7 Å². The van der Waals surface area contributed by atoms with E-state index in [2.05, 4.69) is 15.0 Å². The number of esters is 1. The van der Waals surface area contributed by atoms with Gasteiger partial charge in [-0.05, 0) is 24.3 Å². The number of carbonyl (C=O) groups is 2. The minimum absolute atomic E-state index is 0.0304. The maximum Gasteiger partial charge on any atom is 0.387 e. The third-order valence-corrected chi connectivity index (χ3v) is 4.32. The Morgan fingerprint density at radius 3 is 2.46 bits per heavy atom. The molecule has 3 rings (SSSR count). The molecule has 0 radical (unpaired) electrons. The summed E-state index contributed by atoms with van der Waals surface area (Å²) in [5.41, 5.74) is 1.34. The van der Waals surface area contributed by atoms with Gasteiger partial charge in [0.25, 0.3) is 5.91 Å². The number of hydrogen-bond donors (Lipinski definition) is 1.